The fourth-order valence-electron chi connectivity index (χ4n) is 2.19. The number of fused-ring (bicyclic) bond motifs is 1. The van der Waals surface area contributed by atoms with Crippen molar-refractivity contribution in [1.82, 2.24) is 24.8 Å². The van der Waals surface area contributed by atoms with Gasteiger partial charge in [-0.3, -0.25) is 0 Å². The minimum absolute atomic E-state index is 0.233. The summed E-state index contributed by atoms with van der Waals surface area (Å²) < 4.78 is 0. The summed E-state index contributed by atoms with van der Waals surface area (Å²) in [5, 5.41) is 0. The molecule has 0 spiro atoms. The molecule has 3 N–H and O–H groups in total. The zero-order chi connectivity index (χ0) is 14.1. The number of H-pyrrole nitrogens is 1. The molecule has 6 nitrogen and oxygen atoms in total. The first kappa shape index (κ1) is 12.6. The van der Waals surface area contributed by atoms with E-state index in [4.69, 9.17) is 5.73 Å². The largest absolute Gasteiger partial charge is 0.368 e. The van der Waals surface area contributed by atoms with Crippen LogP contribution in [-0.2, 0) is 6.54 Å². The molecule has 0 aliphatic heterocycles. The third kappa shape index (κ3) is 2.33. The molecule has 0 fully saturated rings. The Kier molecular flexibility index (Phi) is 3.08. The molecule has 0 aliphatic carbocycles. The van der Waals surface area contributed by atoms with Crippen LogP contribution in [0.4, 0.5) is 5.95 Å². The van der Waals surface area contributed by atoms with Crippen molar-refractivity contribution >= 4 is 17.1 Å². The third-order valence-electron chi connectivity index (χ3n) is 3.03. The summed E-state index contributed by atoms with van der Waals surface area (Å²) in [4.78, 5) is 17.7. The molecule has 1 aromatic carbocycles. The average Bonchev–Trinajstić information content (AvgIpc) is 2.86. The molecule has 0 radical (unpaired) electrons. The Morgan fingerprint density at radius 3 is 2.60 bits per heavy atom. The Hall–Kier alpha value is -2.47. The molecule has 2 aromatic heterocycles. The number of nitrogen functional groups attached to an aromatic ring is 1. The average molecular weight is 268 g/mol. The second-order valence-electron chi connectivity index (χ2n) is 4.97. The number of hydrogen-bond donors (Lipinski definition) is 2. The molecule has 3 rings (SSSR count). The lowest BCUT2D eigenvalue weighted by molar-refractivity contribution is 0.402. The first-order valence-electron chi connectivity index (χ1n) is 6.34. The van der Waals surface area contributed by atoms with Crippen molar-refractivity contribution in [1.29, 1.82) is 0 Å². The van der Waals surface area contributed by atoms with E-state index in [0.29, 0.717) is 5.65 Å². The van der Waals surface area contributed by atoms with Gasteiger partial charge in [-0.2, -0.15) is 4.98 Å². The van der Waals surface area contributed by atoms with E-state index in [1.807, 2.05) is 26.2 Å². The van der Waals surface area contributed by atoms with Crippen LogP contribution >= 0.6 is 0 Å². The van der Waals surface area contributed by atoms with Crippen molar-refractivity contribution in [3.8, 4) is 11.3 Å². The molecule has 0 saturated carbocycles. The maximum absolute atomic E-state index is 5.73. The van der Waals surface area contributed by atoms with E-state index in [9.17, 15) is 0 Å². The Morgan fingerprint density at radius 2 is 1.90 bits per heavy atom. The molecule has 3 aromatic rings. The van der Waals surface area contributed by atoms with Gasteiger partial charge in [0.1, 0.15) is 11.2 Å². The second-order valence-corrected chi connectivity index (χ2v) is 4.97. The molecule has 0 amide bonds. The molecule has 6 heteroatoms. The highest BCUT2D eigenvalue weighted by Crippen LogP contribution is 2.24. The lowest BCUT2D eigenvalue weighted by atomic mass is 10.1. The van der Waals surface area contributed by atoms with Crippen molar-refractivity contribution in [2.45, 2.75) is 6.54 Å². The minimum Gasteiger partial charge on any atom is -0.368 e. The van der Waals surface area contributed by atoms with E-state index in [-0.39, 0.29) is 5.95 Å². The van der Waals surface area contributed by atoms with Crippen LogP contribution in [-0.4, -0.2) is 38.9 Å². The van der Waals surface area contributed by atoms with E-state index in [1.54, 1.807) is 6.33 Å². The van der Waals surface area contributed by atoms with Gasteiger partial charge < -0.3 is 15.6 Å². The number of aromatic nitrogens is 4. The maximum atomic E-state index is 5.73. The Balaban J connectivity index is 2.04. The molecule has 102 valence electrons. The Bertz CT molecular complexity index is 729. The highest BCUT2D eigenvalue weighted by molar-refractivity contribution is 5.87. The summed E-state index contributed by atoms with van der Waals surface area (Å²) in [5.41, 5.74) is 10.2. The van der Waals surface area contributed by atoms with Crippen LogP contribution in [0.25, 0.3) is 22.4 Å². The van der Waals surface area contributed by atoms with Crippen molar-refractivity contribution in [2.24, 2.45) is 0 Å². The third-order valence-corrected chi connectivity index (χ3v) is 3.03. The van der Waals surface area contributed by atoms with Gasteiger partial charge in [0.25, 0.3) is 0 Å². The summed E-state index contributed by atoms with van der Waals surface area (Å²) >= 11 is 0. The molecule has 0 unspecified atom stereocenters. The number of nitrogens with two attached hydrogens (primary N) is 1. The van der Waals surface area contributed by atoms with Crippen LogP contribution in [0, 0.1) is 0 Å². The molecule has 0 saturated heterocycles. The lowest BCUT2D eigenvalue weighted by Crippen LogP contribution is -2.10. The van der Waals surface area contributed by atoms with Gasteiger partial charge in [-0.05, 0) is 19.7 Å². The van der Waals surface area contributed by atoms with Crippen molar-refractivity contribution in [2.75, 3.05) is 19.8 Å². The number of nitrogens with one attached hydrogen (secondary N) is 1. The van der Waals surface area contributed by atoms with Crippen molar-refractivity contribution in [3.63, 3.8) is 0 Å². The fourth-order valence-corrected chi connectivity index (χ4v) is 2.19. The maximum Gasteiger partial charge on any atom is 0.222 e. The Labute approximate surface area is 116 Å². The van der Waals surface area contributed by atoms with E-state index in [1.165, 1.54) is 5.56 Å². The fraction of sp³-hybridized carbons (Fsp3) is 0.214. The molecular weight excluding hydrogens is 252 g/mol. The van der Waals surface area contributed by atoms with Gasteiger partial charge in [0.2, 0.25) is 5.95 Å². The summed E-state index contributed by atoms with van der Waals surface area (Å²) in [6.07, 6.45) is 1.60. The van der Waals surface area contributed by atoms with Crippen LogP contribution in [0.5, 0.6) is 0 Å². The standard InChI is InChI=1S/C14H16N6/c1-20(2)7-9-3-5-10(6-4-9)11-12-13(17-8-16-12)19-14(15)18-11/h3-6,8H,7H2,1-2H3,(H3,15,16,17,18,19). The molecule has 20 heavy (non-hydrogen) atoms. The van der Waals surface area contributed by atoms with Gasteiger partial charge in [-0.1, -0.05) is 24.3 Å². The monoisotopic (exact) mass is 268 g/mol. The molecular formula is C14H16N6. The van der Waals surface area contributed by atoms with E-state index in [0.717, 1.165) is 23.3 Å². The second kappa shape index (κ2) is 4.90. The number of rotatable bonds is 3. The summed E-state index contributed by atoms with van der Waals surface area (Å²) in [6.45, 7) is 0.908. The molecule has 0 aliphatic rings. The molecule has 2 heterocycles. The van der Waals surface area contributed by atoms with Gasteiger partial charge in [-0.15, -0.1) is 0 Å². The van der Waals surface area contributed by atoms with Gasteiger partial charge in [0.15, 0.2) is 5.65 Å². The van der Waals surface area contributed by atoms with E-state index < -0.39 is 0 Å². The topological polar surface area (TPSA) is 83.7 Å². The predicted octanol–water partition coefficient (Wildman–Crippen LogP) is 1.66. The number of nitrogens with zero attached hydrogens (tertiary/aromatic N) is 4. The van der Waals surface area contributed by atoms with Crippen LogP contribution in [0.3, 0.4) is 0 Å². The quantitative estimate of drug-likeness (QED) is 0.754. The number of hydrogen-bond acceptors (Lipinski definition) is 5. The smallest absolute Gasteiger partial charge is 0.222 e. The number of imidazole rings is 1. The number of benzene rings is 1. The normalized spacial score (nSPS) is 11.3. The van der Waals surface area contributed by atoms with Crippen molar-refractivity contribution < 1.29 is 0 Å². The SMILES string of the molecule is CN(C)Cc1ccc(-c2nc(N)nc3nc[nH]c23)cc1. The lowest BCUT2D eigenvalue weighted by Gasteiger charge is -2.10. The highest BCUT2D eigenvalue weighted by atomic mass is 15.1. The zero-order valence-electron chi connectivity index (χ0n) is 11.5. The van der Waals surface area contributed by atoms with Crippen molar-refractivity contribution in [3.05, 3.63) is 36.2 Å². The molecule has 0 bridgehead atoms. The van der Waals surface area contributed by atoms with Crippen LogP contribution in [0.15, 0.2) is 30.6 Å². The van der Waals surface area contributed by atoms with E-state index in [2.05, 4.69) is 37.0 Å². The summed E-state index contributed by atoms with van der Waals surface area (Å²) in [6, 6.07) is 8.27. The van der Waals surface area contributed by atoms with E-state index >= 15 is 0 Å². The number of aromatic amines is 1. The summed E-state index contributed by atoms with van der Waals surface area (Å²) in [5.74, 6) is 0.233. The van der Waals surface area contributed by atoms with Gasteiger partial charge in [0.05, 0.1) is 6.33 Å². The van der Waals surface area contributed by atoms with Gasteiger partial charge in [0, 0.05) is 12.1 Å². The van der Waals surface area contributed by atoms with Crippen LogP contribution in [0.1, 0.15) is 5.56 Å². The Morgan fingerprint density at radius 1 is 1.15 bits per heavy atom. The predicted molar refractivity (Wildman–Crippen MR) is 78.9 cm³/mol. The zero-order valence-corrected chi connectivity index (χ0v) is 11.5. The summed E-state index contributed by atoms with van der Waals surface area (Å²) in [7, 11) is 4.10. The molecule has 0 atom stereocenters. The van der Waals surface area contributed by atoms with Crippen LogP contribution in [0.2, 0.25) is 0 Å². The first-order chi connectivity index (χ1) is 9.63. The van der Waals surface area contributed by atoms with Crippen LogP contribution < -0.4 is 5.73 Å². The minimum atomic E-state index is 0.233. The number of anilines is 1. The van der Waals surface area contributed by atoms with Gasteiger partial charge in [-0.25, -0.2) is 9.97 Å². The highest BCUT2D eigenvalue weighted by Gasteiger charge is 2.10. The first-order valence-corrected chi connectivity index (χ1v) is 6.34. The van der Waals surface area contributed by atoms with Gasteiger partial charge >= 0.3 is 0 Å².